The second-order valence-corrected chi connectivity index (χ2v) is 7.19. The first kappa shape index (κ1) is 18.7. The highest BCUT2D eigenvalue weighted by molar-refractivity contribution is 6.15. The van der Waals surface area contributed by atoms with E-state index >= 15 is 0 Å². The highest BCUT2D eigenvalue weighted by atomic mass is 16.3. The van der Waals surface area contributed by atoms with Crippen LogP contribution < -0.4 is 9.80 Å². The van der Waals surface area contributed by atoms with Gasteiger partial charge in [-0.3, -0.25) is 9.48 Å². The summed E-state index contributed by atoms with van der Waals surface area (Å²) >= 11 is 0. The number of aryl methyl sites for hydroxylation is 2. The topological polar surface area (TPSA) is 67.4 Å². The fourth-order valence-electron chi connectivity index (χ4n) is 3.58. The average Bonchev–Trinajstić information content (AvgIpc) is 3.35. The minimum Gasteiger partial charge on any atom is -0.463 e. The molecule has 4 rings (SSSR count). The molecule has 0 aliphatic heterocycles. The van der Waals surface area contributed by atoms with Gasteiger partial charge in [-0.1, -0.05) is 12.1 Å². The number of anilines is 2. The van der Waals surface area contributed by atoms with Crippen LogP contribution in [0.15, 0.2) is 53.1 Å². The number of nitrogens with zero attached hydrogens (tertiary/aromatic N) is 5. The van der Waals surface area contributed by atoms with Crippen molar-refractivity contribution >= 4 is 28.3 Å². The van der Waals surface area contributed by atoms with E-state index in [0.717, 1.165) is 22.5 Å². The van der Waals surface area contributed by atoms with Gasteiger partial charge in [-0.2, -0.15) is 5.10 Å². The second kappa shape index (κ2) is 7.09. The summed E-state index contributed by atoms with van der Waals surface area (Å²) in [5.74, 6) is 0.478. The van der Waals surface area contributed by atoms with Crippen molar-refractivity contribution in [1.29, 1.82) is 0 Å². The quantitative estimate of drug-likeness (QED) is 0.530. The van der Waals surface area contributed by atoms with Gasteiger partial charge in [0.05, 0.1) is 34.3 Å². The lowest BCUT2D eigenvalue weighted by atomic mass is 10.1. The summed E-state index contributed by atoms with van der Waals surface area (Å²) in [6, 6.07) is 13.2. The predicted molar refractivity (Wildman–Crippen MR) is 114 cm³/mol. The summed E-state index contributed by atoms with van der Waals surface area (Å²) in [5.41, 5.74) is 4.34. The fourth-order valence-corrected chi connectivity index (χ4v) is 3.58. The van der Waals surface area contributed by atoms with E-state index in [0.29, 0.717) is 22.7 Å². The molecule has 1 aromatic carbocycles. The highest BCUT2D eigenvalue weighted by Gasteiger charge is 2.24. The first-order valence-electron chi connectivity index (χ1n) is 9.31. The molecule has 0 spiro atoms. The Kier molecular flexibility index (Phi) is 4.58. The molecule has 7 nitrogen and oxygen atoms in total. The number of rotatable bonds is 4. The number of amides is 1. The molecule has 0 aliphatic carbocycles. The largest absolute Gasteiger partial charge is 0.463 e. The zero-order chi connectivity index (χ0) is 20.7. The van der Waals surface area contributed by atoms with Crippen LogP contribution in [0.2, 0.25) is 0 Å². The smallest absolute Gasteiger partial charge is 0.258 e. The van der Waals surface area contributed by atoms with Gasteiger partial charge in [-0.05, 0) is 37.3 Å². The lowest BCUT2D eigenvalue weighted by Crippen LogP contribution is -2.28. The van der Waals surface area contributed by atoms with E-state index in [1.807, 2.05) is 63.3 Å². The van der Waals surface area contributed by atoms with Crippen LogP contribution in [0.3, 0.4) is 0 Å². The van der Waals surface area contributed by atoms with Crippen LogP contribution in [0.4, 0.5) is 11.4 Å². The molecule has 0 unspecified atom stereocenters. The molecule has 1 amide bonds. The van der Waals surface area contributed by atoms with Crippen LogP contribution in [-0.2, 0) is 7.05 Å². The number of furan rings is 1. The van der Waals surface area contributed by atoms with E-state index < -0.39 is 0 Å². The first-order valence-corrected chi connectivity index (χ1v) is 9.31. The van der Waals surface area contributed by atoms with Gasteiger partial charge in [0.1, 0.15) is 5.69 Å². The summed E-state index contributed by atoms with van der Waals surface area (Å²) < 4.78 is 7.22. The number of fused-ring (bicyclic) bond motifs is 1. The van der Waals surface area contributed by atoms with Crippen LogP contribution in [0.5, 0.6) is 0 Å². The molecule has 0 aliphatic rings. The number of carbonyl (C=O) groups excluding carboxylic acids is 1. The zero-order valence-electron chi connectivity index (χ0n) is 17.2. The Hall–Kier alpha value is -3.61. The SMILES string of the molecule is Cc1nn(C)c2nc(-c3ccco3)cc(C(=O)N(C)c3ccccc3N(C)C)c12. The first-order chi connectivity index (χ1) is 13.9. The van der Waals surface area contributed by atoms with Gasteiger partial charge in [0, 0.05) is 28.2 Å². The molecule has 3 heterocycles. The van der Waals surface area contributed by atoms with Crippen molar-refractivity contribution in [1.82, 2.24) is 14.8 Å². The van der Waals surface area contributed by atoms with E-state index in [2.05, 4.69) is 10.1 Å². The number of aromatic nitrogens is 3. The molecule has 148 valence electrons. The minimum atomic E-state index is -0.129. The van der Waals surface area contributed by atoms with Gasteiger partial charge in [-0.25, -0.2) is 4.98 Å². The third-order valence-corrected chi connectivity index (χ3v) is 5.00. The van der Waals surface area contributed by atoms with Gasteiger partial charge in [0.15, 0.2) is 11.4 Å². The molecule has 0 fully saturated rings. The maximum Gasteiger partial charge on any atom is 0.258 e. The predicted octanol–water partition coefficient (Wildman–Crippen LogP) is 3.88. The minimum absolute atomic E-state index is 0.129. The molecule has 0 saturated carbocycles. The Morgan fingerprint density at radius 2 is 1.79 bits per heavy atom. The summed E-state index contributed by atoms with van der Waals surface area (Å²) in [7, 11) is 7.53. The van der Waals surface area contributed by atoms with Crippen molar-refractivity contribution in [2.24, 2.45) is 7.05 Å². The third-order valence-electron chi connectivity index (χ3n) is 5.00. The Balaban J connectivity index is 1.90. The standard InChI is InChI=1S/C22H23N5O2/c1-14-20-15(22(28)26(4)18-10-7-6-9-17(18)25(2)3)13-16(19-11-8-12-29-19)23-21(20)27(5)24-14/h6-13H,1-5H3. The summed E-state index contributed by atoms with van der Waals surface area (Å²) in [6.07, 6.45) is 1.59. The second-order valence-electron chi connectivity index (χ2n) is 7.19. The van der Waals surface area contributed by atoms with Crippen molar-refractivity contribution in [3.8, 4) is 11.5 Å². The molecule has 0 atom stereocenters. The van der Waals surface area contributed by atoms with Crippen LogP contribution in [0.25, 0.3) is 22.5 Å². The molecule has 4 aromatic rings. The average molecular weight is 389 g/mol. The molecule has 0 saturated heterocycles. The van der Waals surface area contributed by atoms with E-state index in [4.69, 9.17) is 4.42 Å². The van der Waals surface area contributed by atoms with Crippen molar-refractivity contribution in [2.75, 3.05) is 30.9 Å². The van der Waals surface area contributed by atoms with Gasteiger partial charge >= 0.3 is 0 Å². The maximum absolute atomic E-state index is 13.6. The normalized spacial score (nSPS) is 11.1. The molecule has 0 bridgehead atoms. The number of benzene rings is 1. The number of carbonyl (C=O) groups is 1. The molecule has 0 N–H and O–H groups in total. The van der Waals surface area contributed by atoms with Crippen LogP contribution >= 0.6 is 0 Å². The van der Waals surface area contributed by atoms with Gasteiger partial charge < -0.3 is 14.2 Å². The van der Waals surface area contributed by atoms with Crippen molar-refractivity contribution in [2.45, 2.75) is 6.92 Å². The summed E-state index contributed by atoms with van der Waals surface area (Å²) in [5, 5.41) is 5.23. The Bertz CT molecular complexity index is 1190. The molecular weight excluding hydrogens is 366 g/mol. The Morgan fingerprint density at radius 1 is 1.07 bits per heavy atom. The van der Waals surface area contributed by atoms with Crippen molar-refractivity contribution < 1.29 is 9.21 Å². The fraction of sp³-hybridized carbons (Fsp3) is 0.227. The van der Waals surface area contributed by atoms with Crippen LogP contribution in [-0.4, -0.2) is 41.8 Å². The zero-order valence-corrected chi connectivity index (χ0v) is 17.2. The number of pyridine rings is 1. The third kappa shape index (κ3) is 3.14. The Morgan fingerprint density at radius 3 is 2.45 bits per heavy atom. The van der Waals surface area contributed by atoms with Gasteiger partial charge in [-0.15, -0.1) is 0 Å². The van der Waals surface area contributed by atoms with Crippen molar-refractivity contribution in [3.63, 3.8) is 0 Å². The lowest BCUT2D eigenvalue weighted by Gasteiger charge is -2.24. The van der Waals surface area contributed by atoms with Gasteiger partial charge in [0.25, 0.3) is 5.91 Å². The molecule has 7 heteroatoms. The molecule has 0 radical (unpaired) electrons. The molecule has 3 aromatic heterocycles. The molecule has 29 heavy (non-hydrogen) atoms. The van der Waals surface area contributed by atoms with E-state index in [1.165, 1.54) is 0 Å². The van der Waals surface area contributed by atoms with E-state index in [9.17, 15) is 4.79 Å². The monoisotopic (exact) mass is 389 g/mol. The summed E-state index contributed by atoms with van der Waals surface area (Å²) in [6.45, 7) is 1.89. The van der Waals surface area contributed by atoms with Crippen LogP contribution in [0, 0.1) is 6.92 Å². The van der Waals surface area contributed by atoms with Crippen molar-refractivity contribution in [3.05, 3.63) is 60.0 Å². The number of hydrogen-bond acceptors (Lipinski definition) is 5. The molecular formula is C22H23N5O2. The van der Waals surface area contributed by atoms with E-state index in [-0.39, 0.29) is 5.91 Å². The highest BCUT2D eigenvalue weighted by Crippen LogP contribution is 2.31. The van der Waals surface area contributed by atoms with Gasteiger partial charge in [0.2, 0.25) is 0 Å². The van der Waals surface area contributed by atoms with Crippen LogP contribution in [0.1, 0.15) is 16.1 Å². The lowest BCUT2D eigenvalue weighted by molar-refractivity contribution is 0.0994. The van der Waals surface area contributed by atoms with E-state index in [1.54, 1.807) is 35.0 Å². The number of hydrogen-bond donors (Lipinski definition) is 0. The Labute approximate surface area is 169 Å². The summed E-state index contributed by atoms with van der Waals surface area (Å²) in [4.78, 5) is 22.0. The number of para-hydroxylation sites is 2. The maximum atomic E-state index is 13.6.